The number of sulfonamides is 1. The van der Waals surface area contributed by atoms with E-state index in [0.717, 1.165) is 34.5 Å². The highest BCUT2D eigenvalue weighted by atomic mass is 35.5. The van der Waals surface area contributed by atoms with Crippen LogP contribution in [-0.4, -0.2) is 50.5 Å². The van der Waals surface area contributed by atoms with Crippen molar-refractivity contribution in [3.8, 4) is 0 Å². The van der Waals surface area contributed by atoms with Gasteiger partial charge in [0.2, 0.25) is 21.8 Å². The first-order valence-corrected chi connectivity index (χ1v) is 14.1. The molecule has 35 heavy (non-hydrogen) atoms. The van der Waals surface area contributed by atoms with Crippen molar-refractivity contribution in [2.75, 3.05) is 23.7 Å². The largest absolute Gasteiger partial charge is 0.354 e. The molecule has 192 valence electrons. The van der Waals surface area contributed by atoms with Crippen molar-refractivity contribution < 1.29 is 18.0 Å². The fourth-order valence-corrected chi connectivity index (χ4v) is 5.02. The zero-order chi connectivity index (χ0) is 26.2. The molecule has 0 unspecified atom stereocenters. The molecule has 0 aliphatic carbocycles. The molecule has 9 heteroatoms. The monoisotopic (exact) mass is 521 g/mol. The predicted octanol–water partition coefficient (Wildman–Crippen LogP) is 4.45. The number of amides is 2. The Balaban J connectivity index is 2.45. The van der Waals surface area contributed by atoms with Gasteiger partial charge in [0.1, 0.15) is 12.6 Å². The van der Waals surface area contributed by atoms with Crippen LogP contribution in [0.15, 0.2) is 42.5 Å². The topological polar surface area (TPSA) is 86.8 Å². The summed E-state index contributed by atoms with van der Waals surface area (Å²) in [6.45, 7) is 7.76. The maximum atomic E-state index is 13.7. The Kier molecular flexibility index (Phi) is 10.6. The minimum atomic E-state index is -3.77. The van der Waals surface area contributed by atoms with E-state index in [9.17, 15) is 18.0 Å². The number of nitrogens with one attached hydrogen (secondary N) is 1. The number of carbonyl (C=O) groups excluding carboxylic acids is 2. The van der Waals surface area contributed by atoms with Crippen LogP contribution in [0.4, 0.5) is 5.69 Å². The van der Waals surface area contributed by atoms with E-state index in [0.29, 0.717) is 29.2 Å². The highest BCUT2D eigenvalue weighted by Crippen LogP contribution is 2.25. The van der Waals surface area contributed by atoms with Gasteiger partial charge in [-0.2, -0.15) is 0 Å². The normalized spacial score (nSPS) is 12.2. The van der Waals surface area contributed by atoms with Crippen molar-refractivity contribution in [3.05, 3.63) is 64.2 Å². The molecular formula is C26H36ClN3O4S. The minimum Gasteiger partial charge on any atom is -0.354 e. The van der Waals surface area contributed by atoms with E-state index in [4.69, 9.17) is 11.6 Å². The van der Waals surface area contributed by atoms with Crippen molar-refractivity contribution in [3.63, 3.8) is 0 Å². The maximum absolute atomic E-state index is 13.7. The molecule has 2 aromatic carbocycles. The van der Waals surface area contributed by atoms with Crippen LogP contribution in [0.5, 0.6) is 0 Å². The van der Waals surface area contributed by atoms with Gasteiger partial charge < -0.3 is 10.2 Å². The van der Waals surface area contributed by atoms with Gasteiger partial charge in [0, 0.05) is 18.1 Å². The lowest BCUT2D eigenvalue weighted by Crippen LogP contribution is -2.52. The van der Waals surface area contributed by atoms with Gasteiger partial charge in [0.05, 0.1) is 11.9 Å². The summed E-state index contributed by atoms with van der Waals surface area (Å²) in [5.74, 6) is -0.744. The zero-order valence-corrected chi connectivity index (χ0v) is 22.7. The molecule has 2 aromatic rings. The summed E-state index contributed by atoms with van der Waals surface area (Å²) < 4.78 is 26.6. The van der Waals surface area contributed by atoms with Crippen LogP contribution in [0.2, 0.25) is 5.02 Å². The molecule has 0 radical (unpaired) electrons. The molecular weight excluding hydrogens is 486 g/mol. The number of hydrogen-bond donors (Lipinski definition) is 1. The molecule has 0 bridgehead atoms. The Hall–Kier alpha value is -2.58. The Labute approximate surface area is 214 Å². The average molecular weight is 522 g/mol. The Morgan fingerprint density at radius 1 is 1.09 bits per heavy atom. The molecule has 1 N–H and O–H groups in total. The molecule has 1 atom stereocenters. The van der Waals surface area contributed by atoms with E-state index < -0.39 is 28.5 Å². The molecule has 0 fully saturated rings. The first-order valence-electron chi connectivity index (χ1n) is 11.8. The van der Waals surface area contributed by atoms with Crippen LogP contribution in [-0.2, 0) is 26.2 Å². The minimum absolute atomic E-state index is 0.0860. The zero-order valence-electron chi connectivity index (χ0n) is 21.2. The maximum Gasteiger partial charge on any atom is 0.244 e. The molecule has 0 spiro atoms. The number of anilines is 1. The molecule has 0 heterocycles. The van der Waals surface area contributed by atoms with Crippen molar-refractivity contribution in [1.82, 2.24) is 10.2 Å². The fraction of sp³-hybridized carbons (Fsp3) is 0.462. The first kappa shape index (κ1) is 28.7. The second-order valence-electron chi connectivity index (χ2n) is 8.74. The van der Waals surface area contributed by atoms with Gasteiger partial charge in [-0.05, 0) is 49.9 Å². The number of halogens is 1. The number of unbranched alkanes of at least 4 members (excludes halogenated alkanes) is 1. The third-order valence-corrected chi connectivity index (χ3v) is 7.31. The third kappa shape index (κ3) is 7.97. The van der Waals surface area contributed by atoms with E-state index >= 15 is 0 Å². The van der Waals surface area contributed by atoms with Crippen LogP contribution >= 0.6 is 11.6 Å². The molecule has 0 aliphatic rings. The Morgan fingerprint density at radius 2 is 1.77 bits per heavy atom. The summed E-state index contributed by atoms with van der Waals surface area (Å²) >= 11 is 6.37. The van der Waals surface area contributed by atoms with Gasteiger partial charge in [0.15, 0.2) is 0 Å². The molecule has 0 aromatic heterocycles. The van der Waals surface area contributed by atoms with Gasteiger partial charge in [-0.1, -0.05) is 67.8 Å². The van der Waals surface area contributed by atoms with Gasteiger partial charge in [0.25, 0.3) is 0 Å². The van der Waals surface area contributed by atoms with E-state index in [1.807, 2.05) is 45.9 Å². The quantitative estimate of drug-likeness (QED) is 0.418. The van der Waals surface area contributed by atoms with Gasteiger partial charge in [-0.25, -0.2) is 8.42 Å². The second-order valence-corrected chi connectivity index (χ2v) is 11.1. The molecule has 0 saturated carbocycles. The van der Waals surface area contributed by atoms with Crippen LogP contribution in [0.1, 0.15) is 49.8 Å². The SMILES string of the molecule is CCCCNC(=O)[C@H](CC)N(Cc1ccccc1Cl)C(=O)CN(c1ccc(C)cc1C)S(C)(=O)=O. The summed E-state index contributed by atoms with van der Waals surface area (Å²) in [5, 5.41) is 3.38. The Bertz CT molecular complexity index is 1140. The average Bonchev–Trinajstić information content (AvgIpc) is 2.78. The lowest BCUT2D eigenvalue weighted by Gasteiger charge is -2.33. The Morgan fingerprint density at radius 3 is 2.34 bits per heavy atom. The molecule has 0 saturated heterocycles. The van der Waals surface area contributed by atoms with Crippen molar-refractivity contribution in [2.45, 2.75) is 59.5 Å². The number of hydrogen-bond acceptors (Lipinski definition) is 4. The highest BCUT2D eigenvalue weighted by molar-refractivity contribution is 7.92. The fourth-order valence-electron chi connectivity index (χ4n) is 3.92. The molecule has 2 rings (SSSR count). The smallest absolute Gasteiger partial charge is 0.244 e. The lowest BCUT2D eigenvalue weighted by molar-refractivity contribution is -0.140. The highest BCUT2D eigenvalue weighted by Gasteiger charge is 2.32. The standard InChI is InChI=1S/C26H36ClN3O4S/c1-6-8-15-28-26(32)23(7-2)29(17-21-11-9-10-12-22(21)27)25(31)18-30(35(5,33)34)24-14-13-19(3)16-20(24)4/h9-14,16,23H,6-8,15,17-18H2,1-5H3,(H,28,32)/t23-/m0/s1. The summed E-state index contributed by atoms with van der Waals surface area (Å²) in [6, 6.07) is 11.7. The third-order valence-electron chi connectivity index (χ3n) is 5.81. The van der Waals surface area contributed by atoms with Crippen molar-refractivity contribution in [2.24, 2.45) is 0 Å². The van der Waals surface area contributed by atoms with Crippen molar-refractivity contribution in [1.29, 1.82) is 0 Å². The van der Waals surface area contributed by atoms with Crippen LogP contribution in [0.25, 0.3) is 0 Å². The number of benzene rings is 2. The van der Waals surface area contributed by atoms with Crippen LogP contribution < -0.4 is 9.62 Å². The second kappa shape index (κ2) is 12.9. The molecule has 2 amide bonds. The van der Waals surface area contributed by atoms with E-state index in [-0.39, 0.29) is 12.5 Å². The van der Waals surface area contributed by atoms with E-state index in [2.05, 4.69) is 5.32 Å². The molecule has 0 aliphatic heterocycles. The number of carbonyl (C=O) groups is 2. The number of rotatable bonds is 12. The van der Waals surface area contributed by atoms with Gasteiger partial charge >= 0.3 is 0 Å². The van der Waals surface area contributed by atoms with Crippen LogP contribution in [0, 0.1) is 13.8 Å². The van der Waals surface area contributed by atoms with E-state index in [1.54, 1.807) is 24.3 Å². The number of aryl methyl sites for hydroxylation is 2. The summed E-state index contributed by atoms with van der Waals surface area (Å²) in [5.41, 5.74) is 2.84. The number of nitrogens with zero attached hydrogens (tertiary/aromatic N) is 2. The summed E-state index contributed by atoms with van der Waals surface area (Å²) in [4.78, 5) is 28.2. The van der Waals surface area contributed by atoms with Gasteiger partial charge in [-0.3, -0.25) is 13.9 Å². The van der Waals surface area contributed by atoms with Crippen molar-refractivity contribution >= 4 is 39.1 Å². The summed E-state index contributed by atoms with van der Waals surface area (Å²) in [6.07, 6.45) is 3.21. The summed E-state index contributed by atoms with van der Waals surface area (Å²) in [7, 11) is -3.77. The van der Waals surface area contributed by atoms with Crippen LogP contribution in [0.3, 0.4) is 0 Å². The van der Waals surface area contributed by atoms with Gasteiger partial charge in [-0.15, -0.1) is 0 Å². The predicted molar refractivity (Wildman–Crippen MR) is 142 cm³/mol. The van der Waals surface area contributed by atoms with E-state index in [1.165, 1.54) is 4.90 Å². The lowest BCUT2D eigenvalue weighted by atomic mass is 10.1. The first-order chi connectivity index (χ1) is 16.5. The molecule has 7 nitrogen and oxygen atoms in total.